The Balaban J connectivity index is 1.63. The molecule has 1 aromatic rings. The molecule has 7 atom stereocenters. The van der Waals surface area contributed by atoms with Gasteiger partial charge in [-0.2, -0.15) is 0 Å². The van der Waals surface area contributed by atoms with E-state index in [9.17, 15) is 9.90 Å². The number of rotatable bonds is 2. The van der Waals surface area contributed by atoms with Gasteiger partial charge in [-0.05, 0) is 96.8 Å². The van der Waals surface area contributed by atoms with Crippen LogP contribution in [0.25, 0.3) is 0 Å². The summed E-state index contributed by atoms with van der Waals surface area (Å²) < 4.78 is 15.1. The molecule has 4 aliphatic rings. The molecule has 0 radical (unpaired) electrons. The Morgan fingerprint density at radius 1 is 1.13 bits per heavy atom. The van der Waals surface area contributed by atoms with Crippen LogP contribution in [0.15, 0.2) is 29.8 Å². The van der Waals surface area contributed by atoms with Crippen molar-refractivity contribution in [3.8, 4) is 0 Å². The van der Waals surface area contributed by atoms with E-state index < -0.39 is 0 Å². The van der Waals surface area contributed by atoms with Crippen LogP contribution in [0.2, 0.25) is 0 Å². The minimum Gasteiger partial charge on any atom is -0.393 e. The molecule has 0 aliphatic heterocycles. The van der Waals surface area contributed by atoms with Gasteiger partial charge in [-0.25, -0.2) is 4.39 Å². The average molecular weight is 426 g/mol. The second kappa shape index (κ2) is 7.16. The molecule has 3 fully saturated rings. The van der Waals surface area contributed by atoms with Gasteiger partial charge in [0.05, 0.1) is 11.8 Å². The van der Waals surface area contributed by atoms with Crippen molar-refractivity contribution in [2.75, 3.05) is 19.0 Å². The van der Waals surface area contributed by atoms with Crippen LogP contribution in [0.4, 0.5) is 10.1 Å². The Hall–Kier alpha value is -1.68. The first kappa shape index (κ1) is 21.2. The molecule has 4 aliphatic carbocycles. The molecule has 0 spiro atoms. The maximum absolute atomic E-state index is 15.1. The molecule has 3 nitrogen and oxygen atoms in total. The van der Waals surface area contributed by atoms with Crippen molar-refractivity contribution in [3.05, 3.63) is 41.2 Å². The third-order valence-corrected chi connectivity index (χ3v) is 9.75. The van der Waals surface area contributed by atoms with Crippen molar-refractivity contribution in [3.63, 3.8) is 0 Å². The first-order chi connectivity index (χ1) is 14.6. The number of aliphatic hydroxyl groups is 1. The van der Waals surface area contributed by atoms with Crippen molar-refractivity contribution in [1.29, 1.82) is 0 Å². The van der Waals surface area contributed by atoms with Crippen LogP contribution in [-0.4, -0.2) is 31.1 Å². The zero-order valence-electron chi connectivity index (χ0n) is 19.3. The van der Waals surface area contributed by atoms with E-state index in [4.69, 9.17) is 0 Å². The topological polar surface area (TPSA) is 40.5 Å². The third-order valence-electron chi connectivity index (χ3n) is 9.75. The molecule has 31 heavy (non-hydrogen) atoms. The summed E-state index contributed by atoms with van der Waals surface area (Å²) in [6.07, 6.45) is 8.13. The van der Waals surface area contributed by atoms with Gasteiger partial charge in [-0.15, -0.1) is 0 Å². The number of nitrogens with zero attached hydrogens (tertiary/aromatic N) is 1. The number of hydrogen-bond donors (Lipinski definition) is 1. The van der Waals surface area contributed by atoms with E-state index in [0.29, 0.717) is 29.9 Å². The monoisotopic (exact) mass is 425 g/mol. The second-order valence-corrected chi connectivity index (χ2v) is 11.4. The van der Waals surface area contributed by atoms with Gasteiger partial charge in [0.25, 0.3) is 0 Å². The molecule has 0 bridgehead atoms. The summed E-state index contributed by atoms with van der Waals surface area (Å²) in [6, 6.07) is 5.77. The van der Waals surface area contributed by atoms with Crippen molar-refractivity contribution < 1.29 is 14.3 Å². The number of hydrogen-bond acceptors (Lipinski definition) is 3. The van der Waals surface area contributed by atoms with Gasteiger partial charge in [0, 0.05) is 20.5 Å². The van der Waals surface area contributed by atoms with E-state index in [-0.39, 0.29) is 34.5 Å². The molecule has 1 N–H and O–H groups in total. The SMILES string of the molecule is CN(C)c1ccc(C2CC3(C)C(O)CCC3C3CCC4=CC(=O)CCC4(C)C23)cc1F. The predicted octanol–water partition coefficient (Wildman–Crippen LogP) is 5.48. The van der Waals surface area contributed by atoms with Crippen molar-refractivity contribution in [2.24, 2.45) is 28.6 Å². The lowest BCUT2D eigenvalue weighted by molar-refractivity contribution is -0.118. The first-order valence-electron chi connectivity index (χ1n) is 12.0. The number of ketones is 1. The number of benzene rings is 1. The summed E-state index contributed by atoms with van der Waals surface area (Å²) in [5.74, 6) is 1.73. The van der Waals surface area contributed by atoms with Gasteiger partial charge in [0.15, 0.2) is 5.78 Å². The number of anilines is 1. The van der Waals surface area contributed by atoms with Gasteiger partial charge in [0.2, 0.25) is 0 Å². The fourth-order valence-corrected chi connectivity index (χ4v) is 8.16. The number of carbonyl (C=O) groups excluding carboxylic acids is 1. The Morgan fingerprint density at radius 2 is 1.90 bits per heavy atom. The van der Waals surface area contributed by atoms with Gasteiger partial charge in [-0.3, -0.25) is 4.79 Å². The molecule has 168 valence electrons. The lowest BCUT2D eigenvalue weighted by atomic mass is 9.44. The van der Waals surface area contributed by atoms with Crippen LogP contribution >= 0.6 is 0 Å². The number of carbonyl (C=O) groups is 1. The zero-order valence-corrected chi connectivity index (χ0v) is 19.3. The second-order valence-electron chi connectivity index (χ2n) is 11.4. The van der Waals surface area contributed by atoms with Crippen LogP contribution in [0.1, 0.15) is 70.3 Å². The third kappa shape index (κ3) is 3.04. The molecule has 4 heteroatoms. The molecule has 7 unspecified atom stereocenters. The smallest absolute Gasteiger partial charge is 0.155 e. The van der Waals surface area contributed by atoms with E-state index in [1.807, 2.05) is 31.1 Å². The normalized spacial score (nSPS) is 41.8. The van der Waals surface area contributed by atoms with Crippen LogP contribution in [0, 0.1) is 34.4 Å². The predicted molar refractivity (Wildman–Crippen MR) is 122 cm³/mol. The quantitative estimate of drug-likeness (QED) is 0.682. The lowest BCUT2D eigenvalue weighted by Gasteiger charge is -2.61. The zero-order chi connectivity index (χ0) is 22.1. The summed E-state index contributed by atoms with van der Waals surface area (Å²) in [6.45, 7) is 4.65. The van der Waals surface area contributed by atoms with Gasteiger partial charge in [0.1, 0.15) is 5.82 Å². The van der Waals surface area contributed by atoms with E-state index in [1.165, 1.54) is 5.57 Å². The molecule has 1 aromatic carbocycles. The van der Waals surface area contributed by atoms with Crippen LogP contribution < -0.4 is 4.90 Å². The Kier molecular flexibility index (Phi) is 4.89. The molecular weight excluding hydrogens is 389 g/mol. The fraction of sp³-hybridized carbons (Fsp3) is 0.667. The highest BCUT2D eigenvalue weighted by Gasteiger charge is 2.62. The molecule has 0 saturated heterocycles. The fourth-order valence-electron chi connectivity index (χ4n) is 8.16. The maximum atomic E-state index is 15.1. The van der Waals surface area contributed by atoms with Gasteiger partial charge in [-0.1, -0.05) is 25.5 Å². The van der Waals surface area contributed by atoms with Crippen LogP contribution in [-0.2, 0) is 4.79 Å². The molecular formula is C27H36FNO2. The summed E-state index contributed by atoms with van der Waals surface area (Å²) >= 11 is 0. The maximum Gasteiger partial charge on any atom is 0.155 e. The van der Waals surface area contributed by atoms with E-state index >= 15 is 4.39 Å². The highest BCUT2D eigenvalue weighted by Crippen LogP contribution is 2.68. The highest BCUT2D eigenvalue weighted by molar-refractivity contribution is 5.91. The van der Waals surface area contributed by atoms with Gasteiger partial charge >= 0.3 is 0 Å². The summed E-state index contributed by atoms with van der Waals surface area (Å²) in [7, 11) is 3.74. The Labute approximate surface area is 185 Å². The Bertz CT molecular complexity index is 939. The van der Waals surface area contributed by atoms with Crippen LogP contribution in [0.5, 0.6) is 0 Å². The van der Waals surface area contributed by atoms with E-state index in [0.717, 1.165) is 44.1 Å². The highest BCUT2D eigenvalue weighted by atomic mass is 19.1. The van der Waals surface area contributed by atoms with Crippen LogP contribution in [0.3, 0.4) is 0 Å². The molecule has 0 amide bonds. The van der Waals surface area contributed by atoms with E-state index in [1.54, 1.807) is 6.07 Å². The average Bonchev–Trinajstić information content (AvgIpc) is 3.02. The number of fused-ring (bicyclic) bond motifs is 5. The van der Waals surface area contributed by atoms with Gasteiger partial charge < -0.3 is 10.0 Å². The summed E-state index contributed by atoms with van der Waals surface area (Å²) in [5, 5.41) is 11.0. The molecule has 5 rings (SSSR count). The minimum atomic E-state index is -0.274. The minimum absolute atomic E-state index is 0.00688. The van der Waals surface area contributed by atoms with E-state index in [2.05, 4.69) is 19.9 Å². The Morgan fingerprint density at radius 3 is 2.61 bits per heavy atom. The standard InChI is InChI=1S/C27H36FNO2/c1-26-12-11-18(30)14-17(26)6-7-19-21-8-10-24(31)27(21,2)15-20(25(19)26)16-5-9-23(29(3)4)22(28)13-16/h5,9,13-14,19-21,24-25,31H,6-8,10-12,15H2,1-4H3. The first-order valence-corrected chi connectivity index (χ1v) is 12.0. The van der Waals surface area contributed by atoms with Crippen molar-refractivity contribution >= 4 is 11.5 Å². The summed E-state index contributed by atoms with van der Waals surface area (Å²) in [4.78, 5) is 14.0. The number of halogens is 1. The largest absolute Gasteiger partial charge is 0.393 e. The molecule has 0 aromatic heterocycles. The number of aliphatic hydroxyl groups excluding tert-OH is 1. The van der Waals surface area contributed by atoms with Crippen molar-refractivity contribution in [2.45, 2.75) is 70.8 Å². The summed E-state index contributed by atoms with van der Waals surface area (Å²) in [5.41, 5.74) is 2.89. The number of allylic oxidation sites excluding steroid dienone is 1. The lowest BCUT2D eigenvalue weighted by Crippen LogP contribution is -2.54. The van der Waals surface area contributed by atoms with Crippen molar-refractivity contribution in [1.82, 2.24) is 0 Å². The molecule has 0 heterocycles. The molecule has 3 saturated carbocycles.